The highest BCUT2D eigenvalue weighted by Gasteiger charge is 2.37. The van der Waals surface area contributed by atoms with E-state index in [4.69, 9.17) is 0 Å². The Labute approximate surface area is 214 Å². The lowest BCUT2D eigenvalue weighted by atomic mass is 10.0. The van der Waals surface area contributed by atoms with Crippen molar-refractivity contribution >= 4 is 10.9 Å². The average Bonchev–Trinajstić information content (AvgIpc) is 3.49. The van der Waals surface area contributed by atoms with Gasteiger partial charge < -0.3 is 0 Å². The molecule has 4 nitrogen and oxygen atoms in total. The molecule has 1 N–H and O–H groups in total. The number of nitrogens with one attached hydrogen (secondary N) is 1. The largest absolute Gasteiger partial charge is 0.293 e. The standard InChI is InChI=1S/C31H24F2N4/c32-31(33)14-15-37(21-31)20-23-16-27(19-34-18-23)26-11-13-30-28(17-26)29(35-36-30)12-8-22-6-9-25(10-7-22)24-4-2-1-3-5-24/h1-7,9-11,13,16-19H,14-15,20-21H2,(H,35,36). The van der Waals surface area contributed by atoms with E-state index in [9.17, 15) is 8.78 Å². The molecule has 0 saturated carbocycles. The van der Waals surface area contributed by atoms with Gasteiger partial charge in [0.25, 0.3) is 5.92 Å². The van der Waals surface area contributed by atoms with Gasteiger partial charge in [0.05, 0.1) is 12.1 Å². The number of aromatic nitrogens is 3. The van der Waals surface area contributed by atoms with Gasteiger partial charge in [-0.25, -0.2) is 8.78 Å². The number of pyridine rings is 1. The summed E-state index contributed by atoms with van der Waals surface area (Å²) in [6.45, 7) is 0.661. The lowest BCUT2D eigenvalue weighted by Crippen LogP contribution is -2.24. The Morgan fingerprint density at radius 1 is 0.838 bits per heavy atom. The maximum Gasteiger partial charge on any atom is 0.261 e. The molecule has 0 bridgehead atoms. The Morgan fingerprint density at radius 2 is 1.62 bits per heavy atom. The monoisotopic (exact) mass is 490 g/mol. The molecule has 5 aromatic rings. The number of nitrogens with zero attached hydrogens (tertiary/aromatic N) is 3. The second kappa shape index (κ2) is 9.61. The Bertz CT molecular complexity index is 1610. The van der Waals surface area contributed by atoms with E-state index in [0.717, 1.165) is 38.7 Å². The number of alkyl halides is 2. The molecule has 3 heterocycles. The van der Waals surface area contributed by atoms with Crippen molar-refractivity contribution in [2.45, 2.75) is 18.9 Å². The van der Waals surface area contributed by atoms with Gasteiger partial charge in [0.1, 0.15) is 5.69 Å². The predicted octanol–water partition coefficient (Wildman–Crippen LogP) is 6.53. The zero-order valence-electron chi connectivity index (χ0n) is 20.1. The third-order valence-electron chi connectivity index (χ3n) is 6.66. The summed E-state index contributed by atoms with van der Waals surface area (Å²) in [6.07, 6.45) is 3.46. The number of fused-ring (bicyclic) bond motifs is 1. The van der Waals surface area contributed by atoms with Crippen molar-refractivity contribution in [2.75, 3.05) is 13.1 Å². The summed E-state index contributed by atoms with van der Waals surface area (Å²) in [5.41, 5.74) is 7.63. The molecular formula is C31H24F2N4. The number of aromatic amines is 1. The van der Waals surface area contributed by atoms with E-state index in [0.29, 0.717) is 18.8 Å². The number of hydrogen-bond acceptors (Lipinski definition) is 3. The van der Waals surface area contributed by atoms with E-state index >= 15 is 0 Å². The summed E-state index contributed by atoms with van der Waals surface area (Å²) in [7, 11) is 0. The van der Waals surface area contributed by atoms with Crippen molar-refractivity contribution in [3.63, 3.8) is 0 Å². The summed E-state index contributed by atoms with van der Waals surface area (Å²) >= 11 is 0. The minimum absolute atomic E-state index is 0.0851. The molecule has 0 unspecified atom stereocenters. The highest BCUT2D eigenvalue weighted by Crippen LogP contribution is 2.29. The van der Waals surface area contributed by atoms with E-state index in [1.54, 1.807) is 17.3 Å². The van der Waals surface area contributed by atoms with E-state index < -0.39 is 5.92 Å². The third-order valence-corrected chi connectivity index (χ3v) is 6.66. The first kappa shape index (κ1) is 23.1. The molecule has 3 aromatic carbocycles. The molecule has 0 atom stereocenters. The Kier molecular flexibility index (Phi) is 5.99. The fourth-order valence-electron chi connectivity index (χ4n) is 4.73. The average molecular weight is 491 g/mol. The van der Waals surface area contributed by atoms with Gasteiger partial charge >= 0.3 is 0 Å². The van der Waals surface area contributed by atoms with Crippen LogP contribution in [0.2, 0.25) is 0 Å². The highest BCUT2D eigenvalue weighted by atomic mass is 19.3. The summed E-state index contributed by atoms with van der Waals surface area (Å²) in [4.78, 5) is 6.15. The van der Waals surface area contributed by atoms with Crippen molar-refractivity contribution in [1.29, 1.82) is 0 Å². The van der Waals surface area contributed by atoms with Crippen LogP contribution in [0.3, 0.4) is 0 Å². The van der Waals surface area contributed by atoms with Crippen molar-refractivity contribution in [3.05, 3.63) is 108 Å². The number of benzene rings is 3. The van der Waals surface area contributed by atoms with Crippen molar-refractivity contribution in [3.8, 4) is 34.1 Å². The van der Waals surface area contributed by atoms with Crippen LogP contribution >= 0.6 is 0 Å². The molecule has 1 saturated heterocycles. The van der Waals surface area contributed by atoms with Crippen molar-refractivity contribution in [2.24, 2.45) is 0 Å². The van der Waals surface area contributed by atoms with Crippen LogP contribution in [0.4, 0.5) is 8.78 Å². The first-order valence-electron chi connectivity index (χ1n) is 12.2. The normalized spacial score (nSPS) is 15.0. The predicted molar refractivity (Wildman–Crippen MR) is 142 cm³/mol. The van der Waals surface area contributed by atoms with E-state index in [-0.39, 0.29) is 13.0 Å². The minimum Gasteiger partial charge on any atom is -0.293 e. The minimum atomic E-state index is -2.60. The molecule has 0 spiro atoms. The van der Waals surface area contributed by atoms with Crippen LogP contribution in [0.5, 0.6) is 0 Å². The number of halogens is 2. The molecule has 37 heavy (non-hydrogen) atoms. The fourth-order valence-corrected chi connectivity index (χ4v) is 4.73. The zero-order valence-corrected chi connectivity index (χ0v) is 20.1. The highest BCUT2D eigenvalue weighted by molar-refractivity contribution is 5.88. The molecule has 182 valence electrons. The first-order chi connectivity index (χ1) is 18.0. The van der Waals surface area contributed by atoms with Gasteiger partial charge in [-0.3, -0.25) is 15.0 Å². The molecule has 0 radical (unpaired) electrons. The lowest BCUT2D eigenvalue weighted by Gasteiger charge is -2.15. The van der Waals surface area contributed by atoms with Gasteiger partial charge in [-0.1, -0.05) is 54.5 Å². The van der Waals surface area contributed by atoms with E-state index in [1.165, 1.54) is 5.56 Å². The maximum atomic E-state index is 13.6. The summed E-state index contributed by atoms with van der Waals surface area (Å²) in [5, 5.41) is 8.40. The van der Waals surface area contributed by atoms with E-state index in [1.807, 2.05) is 54.6 Å². The van der Waals surface area contributed by atoms with Crippen LogP contribution in [0, 0.1) is 11.8 Å². The van der Waals surface area contributed by atoms with Crippen molar-refractivity contribution in [1.82, 2.24) is 20.1 Å². The van der Waals surface area contributed by atoms with Crippen LogP contribution in [-0.2, 0) is 6.54 Å². The SMILES string of the molecule is FC1(F)CCN(Cc2cncc(-c3ccc4[nH]nc(C#Cc5ccc(-c6ccccc6)cc5)c4c3)c2)C1. The maximum absolute atomic E-state index is 13.6. The number of likely N-dealkylation sites (tertiary alicyclic amines) is 1. The molecule has 6 rings (SSSR count). The summed E-state index contributed by atoms with van der Waals surface area (Å²) < 4.78 is 27.2. The van der Waals surface area contributed by atoms with Crippen LogP contribution < -0.4 is 0 Å². The molecule has 0 aliphatic carbocycles. The molecule has 6 heteroatoms. The third kappa shape index (κ3) is 5.13. The van der Waals surface area contributed by atoms with Gasteiger partial charge in [0.15, 0.2) is 0 Å². The molecule has 0 amide bonds. The molecular weight excluding hydrogens is 466 g/mol. The van der Waals surface area contributed by atoms with Crippen LogP contribution in [-0.4, -0.2) is 39.1 Å². The Hall–Kier alpha value is -4.34. The smallest absolute Gasteiger partial charge is 0.261 e. The molecule has 1 aliphatic rings. The molecule has 2 aromatic heterocycles. The number of hydrogen-bond donors (Lipinski definition) is 1. The zero-order chi connectivity index (χ0) is 25.2. The van der Waals surface area contributed by atoms with Crippen molar-refractivity contribution < 1.29 is 8.78 Å². The van der Waals surface area contributed by atoms with Crippen LogP contribution in [0.25, 0.3) is 33.2 Å². The van der Waals surface area contributed by atoms with Crippen LogP contribution in [0.15, 0.2) is 91.3 Å². The second-order valence-electron chi connectivity index (χ2n) is 9.42. The van der Waals surface area contributed by atoms with E-state index in [2.05, 4.69) is 51.3 Å². The Morgan fingerprint density at radius 3 is 2.41 bits per heavy atom. The topological polar surface area (TPSA) is 44.8 Å². The summed E-state index contributed by atoms with van der Waals surface area (Å²) in [6, 6.07) is 26.5. The quantitative estimate of drug-likeness (QED) is 0.291. The van der Waals surface area contributed by atoms with Gasteiger partial charge in [-0.05, 0) is 58.5 Å². The lowest BCUT2D eigenvalue weighted by molar-refractivity contribution is 0.0115. The second-order valence-corrected chi connectivity index (χ2v) is 9.42. The van der Waals surface area contributed by atoms with Gasteiger partial charge in [0, 0.05) is 48.4 Å². The first-order valence-corrected chi connectivity index (χ1v) is 12.2. The Balaban J connectivity index is 1.24. The van der Waals surface area contributed by atoms with Crippen LogP contribution in [0.1, 0.15) is 23.2 Å². The summed E-state index contributed by atoms with van der Waals surface area (Å²) in [5.74, 6) is 3.83. The van der Waals surface area contributed by atoms with Gasteiger partial charge in [-0.2, -0.15) is 5.10 Å². The molecule has 1 aliphatic heterocycles. The fraction of sp³-hybridized carbons (Fsp3) is 0.161. The number of rotatable bonds is 4. The molecule has 1 fully saturated rings. The van der Waals surface area contributed by atoms with Gasteiger partial charge in [-0.15, -0.1) is 0 Å². The number of H-pyrrole nitrogens is 1. The van der Waals surface area contributed by atoms with Gasteiger partial charge in [0.2, 0.25) is 0 Å².